The molecule has 180 valence electrons. The molecule has 7 heteroatoms. The molecular formula is C25H41N3O4. The first-order valence-electron chi connectivity index (χ1n) is 11.3. The van der Waals surface area contributed by atoms with E-state index < -0.39 is 23.8 Å². The van der Waals surface area contributed by atoms with Gasteiger partial charge in [-0.3, -0.25) is 9.59 Å². The highest BCUT2D eigenvalue weighted by atomic mass is 16.6. The van der Waals surface area contributed by atoms with E-state index in [0.29, 0.717) is 6.42 Å². The maximum absolute atomic E-state index is 13.5. The maximum Gasteiger partial charge on any atom is 0.408 e. The summed E-state index contributed by atoms with van der Waals surface area (Å²) < 4.78 is 5.36. The highest BCUT2D eigenvalue weighted by Crippen LogP contribution is 2.24. The van der Waals surface area contributed by atoms with Crippen LogP contribution < -0.4 is 10.6 Å². The molecule has 0 aliphatic heterocycles. The summed E-state index contributed by atoms with van der Waals surface area (Å²) in [6, 6.07) is 4.15. The van der Waals surface area contributed by atoms with Crippen molar-refractivity contribution in [2.45, 2.75) is 92.5 Å². The molecule has 3 amide bonds. The smallest absolute Gasteiger partial charge is 0.408 e. The Hall–Kier alpha value is -2.57. The van der Waals surface area contributed by atoms with Crippen LogP contribution in [0.5, 0.6) is 0 Å². The molecule has 0 saturated carbocycles. The molecule has 32 heavy (non-hydrogen) atoms. The van der Waals surface area contributed by atoms with E-state index in [1.807, 2.05) is 59.7 Å². The molecule has 0 aliphatic carbocycles. The number of benzene rings is 1. The van der Waals surface area contributed by atoms with Gasteiger partial charge < -0.3 is 20.3 Å². The number of amides is 3. The van der Waals surface area contributed by atoms with Crippen LogP contribution in [0, 0.1) is 19.8 Å². The number of hydrogen-bond acceptors (Lipinski definition) is 4. The van der Waals surface area contributed by atoms with Gasteiger partial charge in [-0.2, -0.15) is 0 Å². The van der Waals surface area contributed by atoms with E-state index in [1.165, 1.54) is 4.90 Å². The van der Waals surface area contributed by atoms with Crippen LogP contribution in [0.1, 0.15) is 77.6 Å². The quantitative estimate of drug-likeness (QED) is 0.623. The third kappa shape index (κ3) is 8.89. The number of rotatable bonds is 8. The Bertz CT molecular complexity index is 792. The normalized spacial score (nSPS) is 13.5. The standard InChI is InChI=1S/C25H41N3O4/c1-15(2)11-20(27-24(31)32-25(7,8)9)23(30)28(10)21(22(29)26-16(3)4)19-13-17(5)12-18(6)14-19/h12-16,20-21H,11H2,1-10H3,(H,26,29)(H,27,31). The Balaban J connectivity index is 3.30. The van der Waals surface area contributed by atoms with Gasteiger partial charge in [0.15, 0.2) is 0 Å². The van der Waals surface area contributed by atoms with E-state index in [2.05, 4.69) is 10.6 Å². The molecule has 0 fully saturated rings. The summed E-state index contributed by atoms with van der Waals surface area (Å²) in [7, 11) is 1.61. The van der Waals surface area contributed by atoms with Gasteiger partial charge in [-0.1, -0.05) is 43.2 Å². The number of nitrogens with one attached hydrogen (secondary N) is 2. The second-order valence-corrected chi connectivity index (χ2v) is 10.3. The Kier molecular flexibility index (Phi) is 9.73. The van der Waals surface area contributed by atoms with Gasteiger partial charge in [0.2, 0.25) is 11.8 Å². The second-order valence-electron chi connectivity index (χ2n) is 10.3. The van der Waals surface area contributed by atoms with Crippen molar-refractivity contribution in [1.29, 1.82) is 0 Å². The lowest BCUT2D eigenvalue weighted by Crippen LogP contribution is -2.52. The molecular weight excluding hydrogens is 406 g/mol. The lowest BCUT2D eigenvalue weighted by molar-refractivity contribution is -0.141. The van der Waals surface area contributed by atoms with Gasteiger partial charge >= 0.3 is 6.09 Å². The van der Waals surface area contributed by atoms with E-state index in [1.54, 1.807) is 27.8 Å². The number of hydrogen-bond donors (Lipinski definition) is 2. The Labute approximate surface area is 193 Å². The van der Waals surface area contributed by atoms with Crippen molar-refractivity contribution in [3.8, 4) is 0 Å². The Morgan fingerprint density at radius 1 is 0.969 bits per heavy atom. The summed E-state index contributed by atoms with van der Waals surface area (Å²) in [5, 5.41) is 5.63. The summed E-state index contributed by atoms with van der Waals surface area (Å²) in [6.07, 6.45) is -0.229. The van der Waals surface area contributed by atoms with Gasteiger partial charge in [-0.05, 0) is 66.4 Å². The molecule has 2 N–H and O–H groups in total. The first kappa shape index (κ1) is 27.5. The summed E-state index contributed by atoms with van der Waals surface area (Å²) in [4.78, 5) is 40.5. The zero-order valence-corrected chi connectivity index (χ0v) is 21.3. The fourth-order valence-electron chi connectivity index (χ4n) is 3.60. The van der Waals surface area contributed by atoms with Gasteiger partial charge in [-0.25, -0.2) is 4.79 Å². The van der Waals surface area contributed by atoms with Crippen molar-refractivity contribution in [2.75, 3.05) is 7.05 Å². The van der Waals surface area contributed by atoms with Crippen molar-refractivity contribution >= 4 is 17.9 Å². The fraction of sp³-hybridized carbons (Fsp3) is 0.640. The summed E-state index contributed by atoms with van der Waals surface area (Å²) in [5.74, 6) is -0.453. The minimum absolute atomic E-state index is 0.0780. The van der Waals surface area contributed by atoms with E-state index >= 15 is 0 Å². The topological polar surface area (TPSA) is 87.7 Å². The fourth-order valence-corrected chi connectivity index (χ4v) is 3.60. The number of carbonyl (C=O) groups excluding carboxylic acids is 3. The molecule has 0 aromatic heterocycles. The monoisotopic (exact) mass is 447 g/mol. The van der Waals surface area contributed by atoms with Crippen molar-refractivity contribution in [3.05, 3.63) is 34.9 Å². The molecule has 1 rings (SSSR count). The highest BCUT2D eigenvalue weighted by Gasteiger charge is 2.34. The Morgan fingerprint density at radius 2 is 1.50 bits per heavy atom. The summed E-state index contributed by atoms with van der Waals surface area (Å²) >= 11 is 0. The van der Waals surface area contributed by atoms with Gasteiger partial charge in [-0.15, -0.1) is 0 Å². The van der Waals surface area contributed by atoms with E-state index in [4.69, 9.17) is 4.74 Å². The number of carbonyl (C=O) groups is 3. The zero-order chi connectivity index (χ0) is 24.8. The first-order chi connectivity index (χ1) is 14.6. The van der Waals surface area contributed by atoms with Crippen LogP contribution in [-0.4, -0.2) is 47.5 Å². The third-order valence-electron chi connectivity index (χ3n) is 4.67. The van der Waals surface area contributed by atoms with Gasteiger partial charge in [0, 0.05) is 13.1 Å². The molecule has 0 heterocycles. The molecule has 0 aliphatic rings. The molecule has 2 atom stereocenters. The summed E-state index contributed by atoms with van der Waals surface area (Å²) in [6.45, 7) is 16.9. The van der Waals surface area contributed by atoms with Crippen LogP contribution in [0.15, 0.2) is 18.2 Å². The minimum Gasteiger partial charge on any atom is -0.444 e. The average molecular weight is 448 g/mol. The minimum atomic E-state index is -0.821. The van der Waals surface area contributed by atoms with Crippen molar-refractivity contribution in [2.24, 2.45) is 5.92 Å². The van der Waals surface area contributed by atoms with Crippen LogP contribution in [0.4, 0.5) is 4.79 Å². The molecule has 1 aromatic rings. The van der Waals surface area contributed by atoms with Crippen LogP contribution >= 0.6 is 0 Å². The lowest BCUT2D eigenvalue weighted by atomic mass is 9.97. The van der Waals surface area contributed by atoms with Crippen molar-refractivity contribution < 1.29 is 19.1 Å². The molecule has 0 saturated heterocycles. The van der Waals surface area contributed by atoms with Gasteiger partial charge in [0.05, 0.1) is 0 Å². The van der Waals surface area contributed by atoms with Crippen molar-refractivity contribution in [3.63, 3.8) is 0 Å². The second kappa shape index (κ2) is 11.3. The molecule has 0 spiro atoms. The highest BCUT2D eigenvalue weighted by molar-refractivity contribution is 5.92. The van der Waals surface area contributed by atoms with Gasteiger partial charge in [0.25, 0.3) is 0 Å². The van der Waals surface area contributed by atoms with Crippen molar-refractivity contribution in [1.82, 2.24) is 15.5 Å². The molecule has 0 radical (unpaired) electrons. The van der Waals surface area contributed by atoms with Crippen LogP contribution in [0.25, 0.3) is 0 Å². The predicted octanol–water partition coefficient (Wildman–Crippen LogP) is 4.27. The van der Waals surface area contributed by atoms with E-state index in [0.717, 1.165) is 16.7 Å². The molecule has 2 unspecified atom stereocenters. The van der Waals surface area contributed by atoms with Crippen LogP contribution in [-0.2, 0) is 14.3 Å². The van der Waals surface area contributed by atoms with E-state index in [9.17, 15) is 14.4 Å². The number of ether oxygens (including phenoxy) is 1. The molecule has 0 bridgehead atoms. The summed E-state index contributed by atoms with van der Waals surface area (Å²) in [5.41, 5.74) is 2.07. The zero-order valence-electron chi connectivity index (χ0n) is 21.3. The Morgan fingerprint density at radius 3 is 1.94 bits per heavy atom. The number of nitrogens with zero attached hydrogens (tertiary/aromatic N) is 1. The number of aryl methyl sites for hydroxylation is 2. The number of alkyl carbamates (subject to hydrolysis) is 1. The average Bonchev–Trinajstić information content (AvgIpc) is 2.56. The first-order valence-corrected chi connectivity index (χ1v) is 11.3. The predicted molar refractivity (Wildman–Crippen MR) is 127 cm³/mol. The number of likely N-dealkylation sites (N-methyl/N-ethyl adjacent to an activating group) is 1. The van der Waals surface area contributed by atoms with Crippen LogP contribution in [0.2, 0.25) is 0 Å². The van der Waals surface area contributed by atoms with Crippen LogP contribution in [0.3, 0.4) is 0 Å². The molecule has 7 nitrogen and oxygen atoms in total. The van der Waals surface area contributed by atoms with Gasteiger partial charge in [0.1, 0.15) is 17.7 Å². The lowest BCUT2D eigenvalue weighted by Gasteiger charge is -2.33. The SMILES string of the molecule is Cc1cc(C)cc(C(C(=O)NC(C)C)N(C)C(=O)C(CC(C)C)NC(=O)OC(C)(C)C)c1. The van der Waals surface area contributed by atoms with E-state index in [-0.39, 0.29) is 23.8 Å². The maximum atomic E-state index is 13.5. The third-order valence-corrected chi connectivity index (χ3v) is 4.67. The molecule has 1 aromatic carbocycles. The largest absolute Gasteiger partial charge is 0.444 e.